The molecule has 0 aromatic heterocycles. The Balaban J connectivity index is 0. The van der Waals surface area contributed by atoms with Crippen molar-refractivity contribution >= 4 is 0 Å². The summed E-state index contributed by atoms with van der Waals surface area (Å²) in [6.45, 7) is 4.24. The van der Waals surface area contributed by atoms with Gasteiger partial charge in [0.15, 0.2) is 0 Å². The normalized spacial score (nSPS) is 8.22. The molecule has 1 rings (SSSR count). The third-order valence-corrected chi connectivity index (χ3v) is 1.43. The van der Waals surface area contributed by atoms with Gasteiger partial charge in [-0.25, -0.2) is 0 Å². The first kappa shape index (κ1) is 8.82. The summed E-state index contributed by atoms with van der Waals surface area (Å²) in [5.41, 5.74) is 2.74. The first-order valence-corrected chi connectivity index (χ1v) is 2.83. The van der Waals surface area contributed by atoms with Crippen LogP contribution in [-0.2, 0) is 0 Å². The molecule has 0 aliphatic rings. The fourth-order valence-electron chi connectivity index (χ4n) is 0.663. The fourth-order valence-corrected chi connectivity index (χ4v) is 0.663. The van der Waals surface area contributed by atoms with E-state index >= 15 is 0 Å². The second kappa shape index (κ2) is 3.77. The van der Waals surface area contributed by atoms with E-state index < -0.39 is 0 Å². The van der Waals surface area contributed by atoms with Gasteiger partial charge < -0.3 is 1.43 Å². The van der Waals surface area contributed by atoms with Crippen molar-refractivity contribution in [2.45, 2.75) is 13.8 Å². The maximum Gasteiger partial charge on any atom is 1.00 e. The van der Waals surface area contributed by atoms with Gasteiger partial charge >= 0.3 is 18.9 Å². The summed E-state index contributed by atoms with van der Waals surface area (Å²) in [5.74, 6) is 0. The van der Waals surface area contributed by atoms with Crippen molar-refractivity contribution in [1.29, 1.82) is 0 Å². The topological polar surface area (TPSA) is 0 Å². The zero-order valence-electron chi connectivity index (χ0n) is 7.31. The molecule has 1 aromatic carbocycles. The van der Waals surface area contributed by atoms with Crippen LogP contribution in [0, 0.1) is 13.8 Å². The molecule has 1 heteroatoms. The Kier molecular flexibility index (Phi) is 3.69. The number of hydrogen-bond donors (Lipinski definition) is 0. The maximum absolute atomic E-state index is 2.12. The molecule has 0 nitrogen and oxygen atoms in total. The summed E-state index contributed by atoms with van der Waals surface area (Å²) in [5, 5.41) is 0. The van der Waals surface area contributed by atoms with E-state index in [4.69, 9.17) is 0 Å². The number of hydrogen-bond acceptors (Lipinski definition) is 0. The van der Waals surface area contributed by atoms with Gasteiger partial charge in [-0.2, -0.15) is 0 Å². The second-order valence-corrected chi connectivity index (χ2v) is 2.08. The van der Waals surface area contributed by atoms with Crippen molar-refractivity contribution in [2.24, 2.45) is 0 Å². The molecule has 0 aliphatic carbocycles. The zero-order valence-corrected chi connectivity index (χ0v) is 6.31. The van der Waals surface area contributed by atoms with Crippen LogP contribution >= 0.6 is 0 Å². The molecule has 0 bridgehead atoms. The van der Waals surface area contributed by atoms with Crippen LogP contribution in [0.5, 0.6) is 0 Å². The predicted octanol–water partition coefficient (Wildman–Crippen LogP) is -0.580. The molecule has 0 spiro atoms. The van der Waals surface area contributed by atoms with E-state index in [-0.39, 0.29) is 20.3 Å². The van der Waals surface area contributed by atoms with E-state index in [1.54, 1.807) is 0 Å². The standard InChI is InChI=1S/C8H10.Li.H/c1-7-5-3-4-6-8(7)2;;/h3-6H,1-2H3;;/q;+1;-1. The third-order valence-electron chi connectivity index (χ3n) is 1.43. The van der Waals surface area contributed by atoms with Crippen molar-refractivity contribution in [3.8, 4) is 0 Å². The minimum absolute atomic E-state index is 0. The fraction of sp³-hybridized carbons (Fsp3) is 0.250. The van der Waals surface area contributed by atoms with Gasteiger partial charge in [0.05, 0.1) is 0 Å². The molecular weight excluding hydrogens is 103 g/mol. The number of aryl methyl sites for hydroxylation is 2. The second-order valence-electron chi connectivity index (χ2n) is 2.08. The minimum Gasteiger partial charge on any atom is -1.00 e. The Bertz CT molecular complexity index is 165. The van der Waals surface area contributed by atoms with Crippen LogP contribution in [0.4, 0.5) is 0 Å². The third kappa shape index (κ3) is 2.26. The van der Waals surface area contributed by atoms with Crippen molar-refractivity contribution in [3.05, 3.63) is 35.4 Å². The molecule has 0 heterocycles. The van der Waals surface area contributed by atoms with E-state index in [9.17, 15) is 0 Å². The quantitative estimate of drug-likeness (QED) is 0.396. The molecule has 0 aliphatic heterocycles. The van der Waals surface area contributed by atoms with E-state index in [2.05, 4.69) is 38.1 Å². The molecular formula is C8H11Li. The molecule has 0 N–H and O–H groups in total. The Hall–Kier alpha value is -0.183. The van der Waals surface area contributed by atoms with Gasteiger partial charge in [0, 0.05) is 0 Å². The first-order valence-electron chi connectivity index (χ1n) is 2.83. The molecule has 1 aromatic rings. The summed E-state index contributed by atoms with van der Waals surface area (Å²) in [6.07, 6.45) is 0. The smallest absolute Gasteiger partial charge is 1.00 e. The Morgan fingerprint density at radius 2 is 1.33 bits per heavy atom. The van der Waals surface area contributed by atoms with Crippen molar-refractivity contribution in [3.63, 3.8) is 0 Å². The van der Waals surface area contributed by atoms with Gasteiger partial charge in [-0.05, 0) is 25.0 Å². The van der Waals surface area contributed by atoms with Crippen molar-refractivity contribution in [1.82, 2.24) is 0 Å². The zero-order chi connectivity index (χ0) is 5.98. The Morgan fingerprint density at radius 3 is 1.56 bits per heavy atom. The largest absolute Gasteiger partial charge is 1.00 e. The summed E-state index contributed by atoms with van der Waals surface area (Å²) in [4.78, 5) is 0. The maximum atomic E-state index is 2.12. The molecule has 0 saturated carbocycles. The minimum atomic E-state index is 0. The summed E-state index contributed by atoms with van der Waals surface area (Å²) in [7, 11) is 0. The van der Waals surface area contributed by atoms with E-state index in [0.29, 0.717) is 0 Å². The van der Waals surface area contributed by atoms with Crippen LogP contribution in [0.25, 0.3) is 0 Å². The molecule has 0 fully saturated rings. The molecule has 0 radical (unpaired) electrons. The van der Waals surface area contributed by atoms with Gasteiger partial charge in [0.1, 0.15) is 0 Å². The molecule has 0 atom stereocenters. The average Bonchev–Trinajstić information content (AvgIpc) is 1.77. The van der Waals surface area contributed by atoms with Crippen LogP contribution in [-0.4, -0.2) is 0 Å². The van der Waals surface area contributed by atoms with Gasteiger partial charge in [0.2, 0.25) is 0 Å². The first-order chi connectivity index (χ1) is 3.80. The van der Waals surface area contributed by atoms with E-state index in [0.717, 1.165) is 0 Å². The summed E-state index contributed by atoms with van der Waals surface area (Å²) < 4.78 is 0. The Labute approximate surface area is 69.9 Å². The summed E-state index contributed by atoms with van der Waals surface area (Å²) >= 11 is 0. The van der Waals surface area contributed by atoms with Crippen LogP contribution in [0.1, 0.15) is 12.6 Å². The predicted molar refractivity (Wildman–Crippen MR) is 37.0 cm³/mol. The molecule has 0 amide bonds. The molecule has 0 unspecified atom stereocenters. The summed E-state index contributed by atoms with van der Waals surface area (Å²) in [6, 6.07) is 8.36. The van der Waals surface area contributed by atoms with Gasteiger partial charge in [-0.1, -0.05) is 24.3 Å². The van der Waals surface area contributed by atoms with Gasteiger partial charge in [-0.15, -0.1) is 0 Å². The van der Waals surface area contributed by atoms with Crippen LogP contribution < -0.4 is 18.9 Å². The van der Waals surface area contributed by atoms with Crippen molar-refractivity contribution in [2.75, 3.05) is 0 Å². The van der Waals surface area contributed by atoms with Gasteiger partial charge in [0.25, 0.3) is 0 Å². The van der Waals surface area contributed by atoms with Crippen LogP contribution in [0.3, 0.4) is 0 Å². The number of benzene rings is 1. The molecule has 44 valence electrons. The van der Waals surface area contributed by atoms with Crippen LogP contribution in [0.15, 0.2) is 24.3 Å². The van der Waals surface area contributed by atoms with Crippen LogP contribution in [0.2, 0.25) is 0 Å². The van der Waals surface area contributed by atoms with Gasteiger partial charge in [-0.3, -0.25) is 0 Å². The Morgan fingerprint density at radius 1 is 1.00 bits per heavy atom. The van der Waals surface area contributed by atoms with Crippen molar-refractivity contribution < 1.29 is 20.3 Å². The van der Waals surface area contributed by atoms with E-state index in [1.807, 2.05) is 0 Å². The SMILES string of the molecule is Cc1ccccc1C.[H-].[Li+]. The monoisotopic (exact) mass is 114 g/mol. The van der Waals surface area contributed by atoms with E-state index in [1.165, 1.54) is 11.1 Å². The molecule has 9 heavy (non-hydrogen) atoms. The molecule has 0 saturated heterocycles. The average molecular weight is 114 g/mol. The number of rotatable bonds is 0.